The first kappa shape index (κ1) is 9.36. The summed E-state index contributed by atoms with van der Waals surface area (Å²) >= 11 is 1.58. The molecule has 0 saturated carbocycles. The van der Waals surface area contributed by atoms with Crippen LogP contribution >= 0.6 is 11.3 Å². The molecule has 1 unspecified atom stereocenters. The van der Waals surface area contributed by atoms with E-state index >= 15 is 0 Å². The Balaban J connectivity index is 2.39. The van der Waals surface area contributed by atoms with Crippen LogP contribution in [0.1, 0.15) is 18.7 Å². The Labute approximate surface area is 86.4 Å². The first-order valence-electron chi connectivity index (χ1n) is 4.37. The van der Waals surface area contributed by atoms with Crippen molar-refractivity contribution in [2.24, 2.45) is 12.8 Å². The second-order valence-electron chi connectivity index (χ2n) is 3.23. The number of nitrogens with zero attached hydrogens (tertiary/aromatic N) is 3. The quantitative estimate of drug-likeness (QED) is 0.815. The predicted molar refractivity (Wildman–Crippen MR) is 56.9 cm³/mol. The summed E-state index contributed by atoms with van der Waals surface area (Å²) in [5, 5.41) is 2.90. The van der Waals surface area contributed by atoms with E-state index in [-0.39, 0.29) is 6.04 Å². The summed E-state index contributed by atoms with van der Waals surface area (Å²) in [7, 11) is 1.95. The van der Waals surface area contributed by atoms with Gasteiger partial charge in [0.1, 0.15) is 0 Å². The monoisotopic (exact) mass is 208 g/mol. The minimum atomic E-state index is -0.0136. The number of aryl methyl sites for hydroxylation is 1. The summed E-state index contributed by atoms with van der Waals surface area (Å²) in [5.41, 5.74) is 6.66. The van der Waals surface area contributed by atoms with Gasteiger partial charge in [0, 0.05) is 30.9 Å². The fourth-order valence-electron chi connectivity index (χ4n) is 1.17. The molecule has 0 bridgehead atoms. The molecule has 5 heteroatoms. The number of rotatable bonds is 2. The Morgan fingerprint density at radius 1 is 1.57 bits per heavy atom. The molecule has 0 saturated heterocycles. The van der Waals surface area contributed by atoms with E-state index < -0.39 is 0 Å². The molecule has 4 nitrogen and oxygen atoms in total. The summed E-state index contributed by atoms with van der Waals surface area (Å²) in [6.45, 7) is 1.93. The fourth-order valence-corrected chi connectivity index (χ4v) is 2.13. The van der Waals surface area contributed by atoms with Crippen LogP contribution in [0.25, 0.3) is 10.8 Å². The second-order valence-corrected chi connectivity index (χ2v) is 4.09. The molecule has 0 fully saturated rings. The lowest BCUT2D eigenvalue weighted by atomic mass is 10.3. The zero-order chi connectivity index (χ0) is 10.1. The van der Waals surface area contributed by atoms with Crippen molar-refractivity contribution in [2.75, 3.05) is 0 Å². The van der Waals surface area contributed by atoms with Crippen LogP contribution in [0.5, 0.6) is 0 Å². The topological polar surface area (TPSA) is 56.7 Å². The van der Waals surface area contributed by atoms with Crippen molar-refractivity contribution in [2.45, 2.75) is 13.0 Å². The van der Waals surface area contributed by atoms with Gasteiger partial charge in [-0.1, -0.05) is 0 Å². The van der Waals surface area contributed by atoms with Gasteiger partial charge < -0.3 is 10.3 Å². The maximum atomic E-state index is 5.74. The number of nitrogens with two attached hydrogens (primary N) is 1. The van der Waals surface area contributed by atoms with E-state index in [2.05, 4.69) is 9.97 Å². The Hall–Kier alpha value is -1.20. The molecule has 2 aromatic rings. The minimum Gasteiger partial charge on any atom is -0.332 e. The van der Waals surface area contributed by atoms with Gasteiger partial charge in [-0.3, -0.25) is 0 Å². The first-order valence-corrected chi connectivity index (χ1v) is 5.25. The average Bonchev–Trinajstić information content (AvgIpc) is 2.71. The molecule has 0 aliphatic rings. The van der Waals surface area contributed by atoms with E-state index in [0.717, 1.165) is 16.5 Å². The molecule has 0 radical (unpaired) electrons. The van der Waals surface area contributed by atoms with Gasteiger partial charge >= 0.3 is 0 Å². The molecular weight excluding hydrogens is 196 g/mol. The van der Waals surface area contributed by atoms with E-state index in [1.165, 1.54) is 0 Å². The highest BCUT2D eigenvalue weighted by molar-refractivity contribution is 7.13. The van der Waals surface area contributed by atoms with Crippen molar-refractivity contribution >= 4 is 11.3 Å². The zero-order valence-electron chi connectivity index (χ0n) is 8.14. The summed E-state index contributed by atoms with van der Waals surface area (Å²) in [6, 6.07) is -0.0136. The van der Waals surface area contributed by atoms with Crippen LogP contribution in [0.15, 0.2) is 17.8 Å². The van der Waals surface area contributed by atoms with Crippen molar-refractivity contribution in [1.82, 2.24) is 14.5 Å². The molecule has 2 aromatic heterocycles. The predicted octanol–water partition coefficient (Wildman–Crippen LogP) is 1.56. The smallest absolute Gasteiger partial charge is 0.168 e. The number of imidazole rings is 1. The second kappa shape index (κ2) is 3.51. The molecule has 0 spiro atoms. The van der Waals surface area contributed by atoms with Gasteiger partial charge in [0.05, 0.1) is 5.69 Å². The SMILES string of the molecule is CC(N)c1csc(-c2nccn2C)n1. The van der Waals surface area contributed by atoms with E-state index in [0.29, 0.717) is 0 Å². The van der Waals surface area contributed by atoms with E-state index in [1.54, 1.807) is 17.5 Å². The summed E-state index contributed by atoms with van der Waals surface area (Å²) in [5.74, 6) is 0.891. The number of hydrogen-bond acceptors (Lipinski definition) is 4. The van der Waals surface area contributed by atoms with E-state index in [4.69, 9.17) is 5.73 Å². The van der Waals surface area contributed by atoms with Crippen LogP contribution in [-0.2, 0) is 7.05 Å². The molecule has 0 amide bonds. The molecule has 2 N–H and O–H groups in total. The molecule has 74 valence electrons. The van der Waals surface area contributed by atoms with Crippen LogP contribution in [-0.4, -0.2) is 14.5 Å². The number of aromatic nitrogens is 3. The van der Waals surface area contributed by atoms with Gasteiger partial charge in [0.25, 0.3) is 0 Å². The molecule has 0 aliphatic heterocycles. The normalized spacial score (nSPS) is 13.1. The number of hydrogen-bond donors (Lipinski definition) is 1. The van der Waals surface area contributed by atoms with Crippen molar-refractivity contribution in [1.29, 1.82) is 0 Å². The van der Waals surface area contributed by atoms with Crippen LogP contribution in [0.4, 0.5) is 0 Å². The highest BCUT2D eigenvalue weighted by Crippen LogP contribution is 2.23. The Morgan fingerprint density at radius 3 is 2.86 bits per heavy atom. The van der Waals surface area contributed by atoms with Gasteiger partial charge in [0.15, 0.2) is 10.8 Å². The molecule has 1 atom stereocenters. The third kappa shape index (κ3) is 1.56. The van der Waals surface area contributed by atoms with Gasteiger partial charge in [-0.25, -0.2) is 9.97 Å². The summed E-state index contributed by atoms with van der Waals surface area (Å²) in [4.78, 5) is 8.65. The highest BCUT2D eigenvalue weighted by atomic mass is 32.1. The Bertz CT molecular complexity index is 429. The van der Waals surface area contributed by atoms with Gasteiger partial charge in [-0.15, -0.1) is 11.3 Å². The molecule has 0 aromatic carbocycles. The van der Waals surface area contributed by atoms with Gasteiger partial charge in [0.2, 0.25) is 0 Å². The zero-order valence-corrected chi connectivity index (χ0v) is 8.95. The summed E-state index contributed by atoms with van der Waals surface area (Å²) in [6.07, 6.45) is 3.67. The maximum absolute atomic E-state index is 5.74. The van der Waals surface area contributed by atoms with Gasteiger partial charge in [-0.05, 0) is 6.92 Å². The molecule has 0 aliphatic carbocycles. The van der Waals surface area contributed by atoms with Crippen molar-refractivity contribution in [3.63, 3.8) is 0 Å². The third-order valence-electron chi connectivity index (χ3n) is 2.00. The lowest BCUT2D eigenvalue weighted by Gasteiger charge is -1.98. The van der Waals surface area contributed by atoms with Crippen LogP contribution in [0.3, 0.4) is 0 Å². The maximum Gasteiger partial charge on any atom is 0.168 e. The number of thiazole rings is 1. The van der Waals surface area contributed by atoms with Crippen LogP contribution < -0.4 is 5.73 Å². The standard InChI is InChI=1S/C9H12N4S/c1-6(10)7-5-14-9(12-7)8-11-3-4-13(8)2/h3-6H,10H2,1-2H3. The lowest BCUT2D eigenvalue weighted by molar-refractivity contribution is 0.788. The van der Waals surface area contributed by atoms with Crippen molar-refractivity contribution in [3.05, 3.63) is 23.5 Å². The molecule has 2 heterocycles. The molecule has 14 heavy (non-hydrogen) atoms. The van der Waals surface area contributed by atoms with Gasteiger partial charge in [-0.2, -0.15) is 0 Å². The largest absolute Gasteiger partial charge is 0.332 e. The van der Waals surface area contributed by atoms with Crippen molar-refractivity contribution in [3.8, 4) is 10.8 Å². The first-order chi connectivity index (χ1) is 6.68. The fraction of sp³-hybridized carbons (Fsp3) is 0.333. The average molecular weight is 208 g/mol. The Kier molecular flexibility index (Phi) is 2.35. The highest BCUT2D eigenvalue weighted by Gasteiger charge is 2.10. The van der Waals surface area contributed by atoms with Crippen LogP contribution in [0.2, 0.25) is 0 Å². The van der Waals surface area contributed by atoms with E-state index in [9.17, 15) is 0 Å². The molecular formula is C9H12N4S. The molecule has 2 rings (SSSR count). The van der Waals surface area contributed by atoms with E-state index in [1.807, 2.05) is 30.1 Å². The summed E-state index contributed by atoms with van der Waals surface area (Å²) < 4.78 is 1.95. The van der Waals surface area contributed by atoms with Crippen molar-refractivity contribution < 1.29 is 0 Å². The van der Waals surface area contributed by atoms with Crippen LogP contribution in [0, 0.1) is 0 Å². The minimum absolute atomic E-state index is 0.0136. The third-order valence-corrected chi connectivity index (χ3v) is 2.86. The Morgan fingerprint density at radius 2 is 2.36 bits per heavy atom. The lowest BCUT2D eigenvalue weighted by Crippen LogP contribution is -2.05.